The molecule has 0 atom stereocenters. The number of hydrogen-bond donors (Lipinski definition) is 0. The molecule has 2 aromatic rings. The van der Waals surface area contributed by atoms with E-state index in [9.17, 15) is 4.79 Å². The van der Waals surface area contributed by atoms with Crippen molar-refractivity contribution < 1.29 is 4.52 Å². The predicted octanol–water partition coefficient (Wildman–Crippen LogP) is 1.55. The summed E-state index contributed by atoms with van der Waals surface area (Å²) in [5.41, 5.74) is 2.10. The van der Waals surface area contributed by atoms with E-state index in [0.717, 1.165) is 31.1 Å². The summed E-state index contributed by atoms with van der Waals surface area (Å²) in [5, 5.41) is 8.25. The van der Waals surface area contributed by atoms with Gasteiger partial charge in [0.2, 0.25) is 0 Å². The van der Waals surface area contributed by atoms with Crippen LogP contribution in [0.4, 0.5) is 0 Å². The zero-order valence-electron chi connectivity index (χ0n) is 12.7. The Labute approximate surface area is 128 Å². The van der Waals surface area contributed by atoms with Crippen molar-refractivity contribution >= 4 is 0 Å². The first-order valence-electron chi connectivity index (χ1n) is 7.89. The Kier molecular flexibility index (Phi) is 3.33. The molecule has 1 saturated carbocycles. The van der Waals surface area contributed by atoms with Gasteiger partial charge in [-0.1, -0.05) is 5.16 Å². The predicted molar refractivity (Wildman–Crippen MR) is 80.5 cm³/mol. The number of likely N-dealkylation sites (tertiary alicyclic amines) is 1. The van der Waals surface area contributed by atoms with E-state index in [0.29, 0.717) is 18.4 Å². The third kappa shape index (κ3) is 2.70. The molecule has 22 heavy (non-hydrogen) atoms. The van der Waals surface area contributed by atoms with Crippen LogP contribution in [-0.2, 0) is 13.1 Å². The van der Waals surface area contributed by atoms with Crippen molar-refractivity contribution in [2.24, 2.45) is 5.92 Å². The van der Waals surface area contributed by atoms with Crippen LogP contribution in [0.15, 0.2) is 27.6 Å². The van der Waals surface area contributed by atoms with Crippen LogP contribution in [0.1, 0.15) is 35.8 Å². The molecule has 0 unspecified atom stereocenters. The number of nitrogens with zero attached hydrogens (tertiary/aromatic N) is 4. The Bertz CT molecular complexity index is 726. The van der Waals surface area contributed by atoms with Crippen LogP contribution in [0.2, 0.25) is 0 Å². The standard InChI is InChI=1S/C16H20N4O2/c1-11-2-5-15(21)20(18-11)9-12-7-19(8-12)10-14-6-17-22-16(14)13-3-4-13/h2,5-6,12-13H,3-4,7-10H2,1H3. The average molecular weight is 300 g/mol. The molecule has 6 heteroatoms. The summed E-state index contributed by atoms with van der Waals surface area (Å²) in [5.74, 6) is 2.18. The zero-order valence-corrected chi connectivity index (χ0v) is 12.7. The van der Waals surface area contributed by atoms with Crippen LogP contribution in [0.25, 0.3) is 0 Å². The van der Waals surface area contributed by atoms with Gasteiger partial charge in [-0.3, -0.25) is 9.69 Å². The van der Waals surface area contributed by atoms with Crippen molar-refractivity contribution in [1.29, 1.82) is 0 Å². The third-order valence-electron chi connectivity index (χ3n) is 4.48. The highest BCUT2D eigenvalue weighted by molar-refractivity contribution is 5.21. The Morgan fingerprint density at radius 1 is 1.32 bits per heavy atom. The van der Waals surface area contributed by atoms with Gasteiger partial charge in [0, 0.05) is 43.1 Å². The molecule has 0 aromatic carbocycles. The molecule has 2 aromatic heterocycles. The highest BCUT2D eigenvalue weighted by atomic mass is 16.5. The van der Waals surface area contributed by atoms with Gasteiger partial charge < -0.3 is 4.52 Å². The molecule has 1 aliphatic heterocycles. The average Bonchev–Trinajstić information content (AvgIpc) is 3.20. The maximum absolute atomic E-state index is 11.8. The minimum atomic E-state index is -0.0147. The summed E-state index contributed by atoms with van der Waals surface area (Å²) >= 11 is 0. The van der Waals surface area contributed by atoms with Crippen LogP contribution in [0.5, 0.6) is 0 Å². The first-order chi connectivity index (χ1) is 10.7. The van der Waals surface area contributed by atoms with E-state index < -0.39 is 0 Å². The van der Waals surface area contributed by atoms with Crippen LogP contribution in [0.3, 0.4) is 0 Å². The molecule has 0 amide bonds. The van der Waals surface area contributed by atoms with Gasteiger partial charge in [-0.15, -0.1) is 0 Å². The minimum Gasteiger partial charge on any atom is -0.361 e. The highest BCUT2D eigenvalue weighted by Crippen LogP contribution is 2.42. The zero-order chi connectivity index (χ0) is 15.1. The quantitative estimate of drug-likeness (QED) is 0.838. The maximum atomic E-state index is 11.8. The molecule has 1 aliphatic carbocycles. The van der Waals surface area contributed by atoms with Crippen molar-refractivity contribution in [3.8, 4) is 0 Å². The molecule has 4 rings (SSSR count). The topological polar surface area (TPSA) is 64.2 Å². The molecule has 2 fully saturated rings. The molecule has 0 N–H and O–H groups in total. The largest absolute Gasteiger partial charge is 0.361 e. The summed E-state index contributed by atoms with van der Waals surface area (Å²) in [6, 6.07) is 3.36. The Balaban J connectivity index is 1.33. The molecule has 0 bridgehead atoms. The molecule has 116 valence electrons. The Hall–Kier alpha value is -1.95. The fourth-order valence-corrected chi connectivity index (χ4v) is 3.16. The van der Waals surface area contributed by atoms with E-state index >= 15 is 0 Å². The van der Waals surface area contributed by atoms with E-state index in [1.165, 1.54) is 18.4 Å². The monoisotopic (exact) mass is 300 g/mol. The van der Waals surface area contributed by atoms with Crippen LogP contribution < -0.4 is 5.56 Å². The Morgan fingerprint density at radius 2 is 2.14 bits per heavy atom. The van der Waals surface area contributed by atoms with Crippen molar-refractivity contribution in [3.63, 3.8) is 0 Å². The summed E-state index contributed by atoms with van der Waals surface area (Å²) in [6.07, 6.45) is 4.31. The molecular formula is C16H20N4O2. The second-order valence-corrected chi connectivity index (χ2v) is 6.54. The number of hydrogen-bond acceptors (Lipinski definition) is 5. The molecule has 2 aliphatic rings. The minimum absolute atomic E-state index is 0.0147. The van der Waals surface area contributed by atoms with Gasteiger partial charge in [-0.25, -0.2) is 4.68 Å². The summed E-state index contributed by atoms with van der Waals surface area (Å²) in [7, 11) is 0. The molecule has 6 nitrogen and oxygen atoms in total. The number of rotatable bonds is 5. The molecule has 0 spiro atoms. The van der Waals surface area contributed by atoms with Crippen LogP contribution >= 0.6 is 0 Å². The van der Waals surface area contributed by atoms with Crippen molar-refractivity contribution in [2.75, 3.05) is 13.1 Å². The molecular weight excluding hydrogens is 280 g/mol. The molecule has 1 saturated heterocycles. The van der Waals surface area contributed by atoms with Gasteiger partial charge in [-0.05, 0) is 25.8 Å². The third-order valence-corrected chi connectivity index (χ3v) is 4.48. The van der Waals surface area contributed by atoms with Crippen molar-refractivity contribution in [3.05, 3.63) is 45.7 Å². The number of aryl methyl sites for hydroxylation is 1. The van der Waals surface area contributed by atoms with E-state index in [4.69, 9.17) is 4.52 Å². The van der Waals surface area contributed by atoms with Gasteiger partial charge in [0.15, 0.2) is 0 Å². The van der Waals surface area contributed by atoms with Gasteiger partial charge in [0.05, 0.1) is 18.4 Å². The van der Waals surface area contributed by atoms with E-state index in [-0.39, 0.29) is 5.56 Å². The van der Waals surface area contributed by atoms with Gasteiger partial charge in [0.25, 0.3) is 5.56 Å². The van der Waals surface area contributed by atoms with Crippen LogP contribution in [0, 0.1) is 12.8 Å². The fraction of sp³-hybridized carbons (Fsp3) is 0.562. The Morgan fingerprint density at radius 3 is 2.91 bits per heavy atom. The SMILES string of the molecule is Cc1ccc(=O)n(CC2CN(Cc3cnoc3C3CC3)C2)n1. The maximum Gasteiger partial charge on any atom is 0.266 e. The summed E-state index contributed by atoms with van der Waals surface area (Å²) < 4.78 is 6.97. The van der Waals surface area contributed by atoms with E-state index in [2.05, 4.69) is 15.2 Å². The van der Waals surface area contributed by atoms with Crippen molar-refractivity contribution in [2.45, 2.75) is 38.8 Å². The molecule has 3 heterocycles. The van der Waals surface area contributed by atoms with Gasteiger partial charge in [-0.2, -0.15) is 5.10 Å². The van der Waals surface area contributed by atoms with Gasteiger partial charge in [0.1, 0.15) is 5.76 Å². The first kappa shape index (κ1) is 13.7. The van der Waals surface area contributed by atoms with E-state index in [1.807, 2.05) is 13.1 Å². The summed E-state index contributed by atoms with van der Waals surface area (Å²) in [6.45, 7) is 5.52. The first-order valence-corrected chi connectivity index (χ1v) is 7.89. The normalized spacial score (nSPS) is 19.3. The smallest absolute Gasteiger partial charge is 0.266 e. The lowest BCUT2D eigenvalue weighted by atomic mass is 9.99. The van der Waals surface area contributed by atoms with Crippen LogP contribution in [-0.4, -0.2) is 32.9 Å². The fourth-order valence-electron chi connectivity index (χ4n) is 3.16. The number of aromatic nitrogens is 3. The lowest BCUT2D eigenvalue weighted by Gasteiger charge is -2.39. The lowest BCUT2D eigenvalue weighted by molar-refractivity contribution is 0.0760. The van der Waals surface area contributed by atoms with Crippen molar-refractivity contribution in [1.82, 2.24) is 19.8 Å². The second kappa shape index (κ2) is 5.35. The highest BCUT2D eigenvalue weighted by Gasteiger charge is 2.33. The van der Waals surface area contributed by atoms with Gasteiger partial charge >= 0.3 is 0 Å². The van der Waals surface area contributed by atoms with E-state index in [1.54, 1.807) is 16.8 Å². The summed E-state index contributed by atoms with van der Waals surface area (Å²) in [4.78, 5) is 14.2. The lowest BCUT2D eigenvalue weighted by Crippen LogP contribution is -2.48. The second-order valence-electron chi connectivity index (χ2n) is 6.54. The molecule has 0 radical (unpaired) electrons.